The Morgan fingerprint density at radius 2 is 1.81 bits per heavy atom. The molecule has 1 amide bonds. The lowest BCUT2D eigenvalue weighted by Crippen LogP contribution is -2.21. The van der Waals surface area contributed by atoms with Crippen LogP contribution >= 0.6 is 0 Å². The van der Waals surface area contributed by atoms with Crippen LogP contribution in [0.25, 0.3) is 0 Å². The van der Waals surface area contributed by atoms with Crippen LogP contribution in [0.2, 0.25) is 0 Å². The van der Waals surface area contributed by atoms with Crippen molar-refractivity contribution in [2.45, 2.75) is 33.4 Å². The lowest BCUT2D eigenvalue weighted by molar-refractivity contribution is -0.120. The smallest absolute Gasteiger partial charge is 0.219 e. The van der Waals surface area contributed by atoms with Crippen molar-refractivity contribution in [2.24, 2.45) is 0 Å². The zero-order valence-electron chi connectivity index (χ0n) is 9.95. The van der Waals surface area contributed by atoms with E-state index < -0.39 is 0 Å². The molecule has 1 rings (SSSR count). The van der Waals surface area contributed by atoms with Crippen molar-refractivity contribution in [3.8, 4) is 0 Å². The molecule has 0 aliphatic carbocycles. The minimum Gasteiger partial charge on any atom is -0.377 e. The van der Waals surface area contributed by atoms with Crippen LogP contribution < -0.4 is 5.32 Å². The summed E-state index contributed by atoms with van der Waals surface area (Å²) in [6.07, 6.45) is 0.530. The third-order valence-electron chi connectivity index (χ3n) is 2.31. The molecule has 3 nitrogen and oxygen atoms in total. The standard InChI is InChI=1S/C13H19NO2/c1-3-13(15)14-9-11-5-7-12(8-6-11)10-16-4-2/h5-8H,3-4,9-10H2,1-2H3,(H,14,15). The first kappa shape index (κ1) is 12.7. The quantitative estimate of drug-likeness (QED) is 0.800. The number of hydrogen-bond donors (Lipinski definition) is 1. The van der Waals surface area contributed by atoms with Crippen LogP contribution in [-0.2, 0) is 22.7 Å². The minimum atomic E-state index is 0.0818. The number of benzene rings is 1. The maximum absolute atomic E-state index is 11.1. The molecule has 3 heteroatoms. The van der Waals surface area contributed by atoms with Gasteiger partial charge in [-0.1, -0.05) is 31.2 Å². The Hall–Kier alpha value is -1.35. The average molecular weight is 221 g/mol. The summed E-state index contributed by atoms with van der Waals surface area (Å²) in [4.78, 5) is 11.1. The molecule has 0 saturated heterocycles. The molecule has 0 saturated carbocycles. The third-order valence-corrected chi connectivity index (χ3v) is 2.31. The number of hydrogen-bond acceptors (Lipinski definition) is 2. The SMILES string of the molecule is CCOCc1ccc(CNC(=O)CC)cc1. The van der Waals surface area contributed by atoms with E-state index in [9.17, 15) is 4.79 Å². The number of amides is 1. The van der Waals surface area contributed by atoms with Crippen molar-refractivity contribution in [1.82, 2.24) is 5.32 Å². The average Bonchev–Trinajstić information content (AvgIpc) is 2.34. The predicted octanol–water partition coefficient (Wildman–Crippen LogP) is 2.25. The van der Waals surface area contributed by atoms with Gasteiger partial charge in [0.15, 0.2) is 0 Å². The van der Waals surface area contributed by atoms with Gasteiger partial charge in [-0.15, -0.1) is 0 Å². The summed E-state index contributed by atoms with van der Waals surface area (Å²) < 4.78 is 5.31. The fraction of sp³-hybridized carbons (Fsp3) is 0.462. The zero-order chi connectivity index (χ0) is 11.8. The fourth-order valence-corrected chi connectivity index (χ4v) is 1.30. The highest BCUT2D eigenvalue weighted by atomic mass is 16.5. The number of rotatable bonds is 6. The Balaban J connectivity index is 2.41. The van der Waals surface area contributed by atoms with Crippen LogP contribution in [0.3, 0.4) is 0 Å². The van der Waals surface area contributed by atoms with Gasteiger partial charge in [0, 0.05) is 19.6 Å². The van der Waals surface area contributed by atoms with Crippen molar-refractivity contribution in [3.63, 3.8) is 0 Å². The van der Waals surface area contributed by atoms with Crippen LogP contribution in [0.15, 0.2) is 24.3 Å². The lowest BCUT2D eigenvalue weighted by atomic mass is 10.1. The largest absolute Gasteiger partial charge is 0.377 e. The van der Waals surface area contributed by atoms with Gasteiger partial charge in [0.2, 0.25) is 5.91 Å². The van der Waals surface area contributed by atoms with Crippen LogP contribution in [-0.4, -0.2) is 12.5 Å². The molecular weight excluding hydrogens is 202 g/mol. The van der Waals surface area contributed by atoms with Gasteiger partial charge in [0.05, 0.1) is 6.61 Å². The van der Waals surface area contributed by atoms with Crippen LogP contribution in [0.5, 0.6) is 0 Å². The lowest BCUT2D eigenvalue weighted by Gasteiger charge is -2.05. The number of ether oxygens (including phenoxy) is 1. The molecule has 0 spiro atoms. The van der Waals surface area contributed by atoms with Crippen LogP contribution in [0, 0.1) is 0 Å². The molecule has 88 valence electrons. The number of nitrogens with one attached hydrogen (secondary N) is 1. The number of carbonyl (C=O) groups is 1. The molecule has 0 aromatic heterocycles. The first-order valence-electron chi connectivity index (χ1n) is 5.68. The molecule has 0 aliphatic rings. The van der Waals surface area contributed by atoms with Gasteiger partial charge in [0.25, 0.3) is 0 Å². The second kappa shape index (κ2) is 7.01. The topological polar surface area (TPSA) is 38.3 Å². The van der Waals surface area contributed by atoms with E-state index in [-0.39, 0.29) is 5.91 Å². The summed E-state index contributed by atoms with van der Waals surface area (Å²) in [7, 11) is 0. The Bertz CT molecular complexity index is 319. The maximum atomic E-state index is 11.1. The zero-order valence-corrected chi connectivity index (χ0v) is 9.95. The summed E-state index contributed by atoms with van der Waals surface area (Å²) >= 11 is 0. The number of carbonyl (C=O) groups excluding carboxylic acids is 1. The summed E-state index contributed by atoms with van der Waals surface area (Å²) in [5.41, 5.74) is 2.27. The van der Waals surface area contributed by atoms with Crippen molar-refractivity contribution < 1.29 is 9.53 Å². The molecule has 0 atom stereocenters. The first-order chi connectivity index (χ1) is 7.76. The van der Waals surface area contributed by atoms with Gasteiger partial charge in [-0.05, 0) is 18.1 Å². The van der Waals surface area contributed by atoms with Gasteiger partial charge in [-0.2, -0.15) is 0 Å². The summed E-state index contributed by atoms with van der Waals surface area (Å²) in [5, 5.41) is 2.84. The van der Waals surface area contributed by atoms with E-state index >= 15 is 0 Å². The molecule has 0 aliphatic heterocycles. The molecule has 0 bridgehead atoms. The first-order valence-corrected chi connectivity index (χ1v) is 5.68. The van der Waals surface area contributed by atoms with E-state index in [4.69, 9.17) is 4.74 Å². The second-order valence-corrected chi connectivity index (χ2v) is 3.58. The summed E-state index contributed by atoms with van der Waals surface area (Å²) in [6.45, 7) is 5.81. The molecule has 1 aromatic rings. The predicted molar refractivity (Wildman–Crippen MR) is 63.9 cm³/mol. The molecule has 0 radical (unpaired) electrons. The molecule has 1 aromatic carbocycles. The van der Waals surface area contributed by atoms with E-state index in [0.717, 1.165) is 17.7 Å². The molecule has 0 heterocycles. The minimum absolute atomic E-state index is 0.0818. The van der Waals surface area contributed by atoms with E-state index in [2.05, 4.69) is 5.32 Å². The highest BCUT2D eigenvalue weighted by Crippen LogP contribution is 2.05. The highest BCUT2D eigenvalue weighted by molar-refractivity contribution is 5.75. The van der Waals surface area contributed by atoms with E-state index in [1.54, 1.807) is 0 Å². The Morgan fingerprint density at radius 3 is 2.38 bits per heavy atom. The molecule has 1 N–H and O–H groups in total. The fourth-order valence-electron chi connectivity index (χ4n) is 1.30. The van der Waals surface area contributed by atoms with Crippen molar-refractivity contribution in [3.05, 3.63) is 35.4 Å². The van der Waals surface area contributed by atoms with Gasteiger partial charge in [-0.25, -0.2) is 0 Å². The molecular formula is C13H19NO2. The monoisotopic (exact) mass is 221 g/mol. The molecule has 0 unspecified atom stereocenters. The van der Waals surface area contributed by atoms with Crippen LogP contribution in [0.4, 0.5) is 0 Å². The van der Waals surface area contributed by atoms with Crippen molar-refractivity contribution in [2.75, 3.05) is 6.61 Å². The summed E-state index contributed by atoms with van der Waals surface area (Å²) in [5.74, 6) is 0.0818. The van der Waals surface area contributed by atoms with Crippen LogP contribution in [0.1, 0.15) is 31.4 Å². The Kier molecular flexibility index (Phi) is 5.57. The van der Waals surface area contributed by atoms with Crippen molar-refractivity contribution in [1.29, 1.82) is 0 Å². The van der Waals surface area contributed by atoms with Gasteiger partial charge >= 0.3 is 0 Å². The van der Waals surface area contributed by atoms with Gasteiger partial charge in [0.1, 0.15) is 0 Å². The summed E-state index contributed by atoms with van der Waals surface area (Å²) in [6, 6.07) is 8.10. The molecule has 16 heavy (non-hydrogen) atoms. The van der Waals surface area contributed by atoms with E-state index in [0.29, 0.717) is 19.6 Å². The highest BCUT2D eigenvalue weighted by Gasteiger charge is 1.98. The normalized spacial score (nSPS) is 10.1. The van der Waals surface area contributed by atoms with Crippen molar-refractivity contribution >= 4 is 5.91 Å². The van der Waals surface area contributed by atoms with E-state index in [1.165, 1.54) is 0 Å². The van der Waals surface area contributed by atoms with Gasteiger partial charge in [-0.3, -0.25) is 4.79 Å². The molecule has 0 fully saturated rings. The Morgan fingerprint density at radius 1 is 1.19 bits per heavy atom. The van der Waals surface area contributed by atoms with Gasteiger partial charge < -0.3 is 10.1 Å². The third kappa shape index (κ3) is 4.45. The second-order valence-electron chi connectivity index (χ2n) is 3.58. The maximum Gasteiger partial charge on any atom is 0.219 e. The Labute approximate surface area is 96.8 Å². The van der Waals surface area contributed by atoms with E-state index in [1.807, 2.05) is 38.1 Å².